The maximum atomic E-state index is 11.6. The van der Waals surface area contributed by atoms with Gasteiger partial charge in [-0.25, -0.2) is 9.59 Å². The Kier molecular flexibility index (Phi) is 4.89. The van der Waals surface area contributed by atoms with E-state index in [4.69, 9.17) is 0 Å². The van der Waals surface area contributed by atoms with Crippen molar-refractivity contribution < 1.29 is 37.0 Å². The highest BCUT2D eigenvalue weighted by atomic mass is 19.4. The van der Waals surface area contributed by atoms with Crippen LogP contribution in [0.1, 0.15) is 13.8 Å². The second-order valence-electron chi connectivity index (χ2n) is 2.27. The van der Waals surface area contributed by atoms with Gasteiger partial charge < -0.3 is 14.2 Å². The van der Waals surface area contributed by atoms with Crippen molar-refractivity contribution in [3.8, 4) is 0 Å². The Morgan fingerprint density at radius 2 is 1.80 bits per heavy atom. The normalized spacial score (nSPS) is 12.9. The average molecular weight is 230 g/mol. The lowest BCUT2D eigenvalue weighted by Crippen LogP contribution is -2.31. The van der Waals surface area contributed by atoms with Crippen molar-refractivity contribution in [2.24, 2.45) is 0 Å². The minimum Gasteiger partial charge on any atom is -0.435 e. The molecule has 0 bridgehead atoms. The highest BCUT2D eigenvalue weighted by Gasteiger charge is 2.42. The SMILES string of the molecule is CCOC(=O)OC(C)OC(=O)C(F)(F)F. The van der Waals surface area contributed by atoms with E-state index in [1.54, 1.807) is 0 Å². The number of esters is 1. The average Bonchev–Trinajstić information content (AvgIpc) is 2.01. The van der Waals surface area contributed by atoms with Gasteiger partial charge in [0, 0.05) is 6.92 Å². The molecule has 0 aromatic heterocycles. The van der Waals surface area contributed by atoms with E-state index < -0.39 is 24.6 Å². The smallest absolute Gasteiger partial charge is 0.435 e. The van der Waals surface area contributed by atoms with E-state index in [1.807, 2.05) is 0 Å². The summed E-state index contributed by atoms with van der Waals surface area (Å²) >= 11 is 0. The van der Waals surface area contributed by atoms with Gasteiger partial charge in [-0.2, -0.15) is 13.2 Å². The molecule has 88 valence electrons. The molecule has 1 unspecified atom stereocenters. The van der Waals surface area contributed by atoms with Crippen LogP contribution in [0.25, 0.3) is 0 Å². The molecular formula is C7H9F3O5. The summed E-state index contributed by atoms with van der Waals surface area (Å²) in [6.07, 6.45) is -7.98. The van der Waals surface area contributed by atoms with Gasteiger partial charge in [0.2, 0.25) is 6.29 Å². The molecule has 0 spiro atoms. The molecule has 0 fully saturated rings. The summed E-state index contributed by atoms with van der Waals surface area (Å²) in [5.74, 6) is -2.43. The third-order valence-electron chi connectivity index (χ3n) is 1.03. The van der Waals surface area contributed by atoms with Crippen molar-refractivity contribution in [3.05, 3.63) is 0 Å². The Hall–Kier alpha value is -1.47. The van der Waals surface area contributed by atoms with Crippen molar-refractivity contribution in [2.45, 2.75) is 26.3 Å². The van der Waals surface area contributed by atoms with Gasteiger partial charge in [0.1, 0.15) is 0 Å². The summed E-state index contributed by atoms with van der Waals surface area (Å²) in [6, 6.07) is 0. The number of carbonyl (C=O) groups is 2. The lowest BCUT2D eigenvalue weighted by Gasteiger charge is -2.14. The van der Waals surface area contributed by atoms with Crippen molar-refractivity contribution in [3.63, 3.8) is 0 Å². The minimum absolute atomic E-state index is 0.00122. The summed E-state index contributed by atoms with van der Waals surface area (Å²) in [4.78, 5) is 20.8. The standard InChI is InChI=1S/C7H9F3O5/c1-3-13-6(12)15-4(2)14-5(11)7(8,9)10/h4H,3H2,1-2H3. The summed E-state index contributed by atoms with van der Waals surface area (Å²) in [6.45, 7) is 2.44. The molecule has 0 aromatic rings. The van der Waals surface area contributed by atoms with Gasteiger partial charge >= 0.3 is 18.3 Å². The molecule has 0 rings (SSSR count). The molecule has 1 atom stereocenters. The predicted octanol–water partition coefficient (Wildman–Crippen LogP) is 1.61. The van der Waals surface area contributed by atoms with E-state index in [0.29, 0.717) is 0 Å². The second kappa shape index (κ2) is 5.42. The summed E-state index contributed by atoms with van der Waals surface area (Å²) in [5, 5.41) is 0. The quantitative estimate of drug-likeness (QED) is 0.544. The lowest BCUT2D eigenvalue weighted by atomic mass is 10.6. The molecule has 0 heterocycles. The van der Waals surface area contributed by atoms with E-state index in [-0.39, 0.29) is 6.61 Å². The van der Waals surface area contributed by atoms with Gasteiger partial charge in [0.05, 0.1) is 6.61 Å². The molecule has 0 aliphatic carbocycles. The van der Waals surface area contributed by atoms with Gasteiger partial charge in [-0.05, 0) is 6.92 Å². The Bertz CT molecular complexity index is 237. The molecule has 0 amide bonds. The second-order valence-corrected chi connectivity index (χ2v) is 2.27. The van der Waals surface area contributed by atoms with Crippen LogP contribution in [0.15, 0.2) is 0 Å². The topological polar surface area (TPSA) is 61.8 Å². The minimum atomic E-state index is -5.12. The number of carbonyl (C=O) groups excluding carboxylic acids is 2. The third kappa shape index (κ3) is 5.76. The molecule has 0 radical (unpaired) electrons. The third-order valence-corrected chi connectivity index (χ3v) is 1.03. The van der Waals surface area contributed by atoms with Crippen LogP contribution < -0.4 is 0 Å². The molecule has 5 nitrogen and oxygen atoms in total. The van der Waals surface area contributed by atoms with Crippen molar-refractivity contribution in [1.82, 2.24) is 0 Å². The van der Waals surface area contributed by atoms with Gasteiger partial charge in [-0.15, -0.1) is 0 Å². The monoisotopic (exact) mass is 230 g/mol. The first kappa shape index (κ1) is 13.5. The zero-order valence-corrected chi connectivity index (χ0v) is 7.96. The summed E-state index contributed by atoms with van der Waals surface area (Å²) < 4.78 is 47.1. The maximum absolute atomic E-state index is 11.6. The number of hydrogen-bond donors (Lipinski definition) is 0. The Labute approximate surface area is 83.1 Å². The maximum Gasteiger partial charge on any atom is 0.511 e. The fourth-order valence-corrected chi connectivity index (χ4v) is 0.529. The van der Waals surface area contributed by atoms with E-state index in [1.165, 1.54) is 6.92 Å². The number of rotatable bonds is 3. The largest absolute Gasteiger partial charge is 0.511 e. The highest BCUT2D eigenvalue weighted by Crippen LogP contribution is 2.17. The highest BCUT2D eigenvalue weighted by molar-refractivity contribution is 5.75. The first-order chi connectivity index (χ1) is 6.77. The molecule has 0 aromatic carbocycles. The fraction of sp³-hybridized carbons (Fsp3) is 0.714. The fourth-order valence-electron chi connectivity index (χ4n) is 0.529. The molecule has 0 aliphatic heterocycles. The first-order valence-corrected chi connectivity index (χ1v) is 3.88. The molecular weight excluding hydrogens is 221 g/mol. The Morgan fingerprint density at radius 1 is 1.27 bits per heavy atom. The Balaban J connectivity index is 3.99. The van der Waals surface area contributed by atoms with Crippen LogP contribution in [-0.2, 0) is 19.0 Å². The first-order valence-electron chi connectivity index (χ1n) is 3.88. The number of alkyl halides is 3. The molecule has 0 aliphatic rings. The van der Waals surface area contributed by atoms with E-state index >= 15 is 0 Å². The van der Waals surface area contributed by atoms with Gasteiger partial charge in [-0.3, -0.25) is 0 Å². The zero-order chi connectivity index (χ0) is 12.1. The van der Waals surface area contributed by atoms with Crippen LogP contribution >= 0.6 is 0 Å². The Morgan fingerprint density at radius 3 is 2.20 bits per heavy atom. The van der Waals surface area contributed by atoms with E-state index in [9.17, 15) is 22.8 Å². The summed E-state index contributed by atoms with van der Waals surface area (Å²) in [5.41, 5.74) is 0. The van der Waals surface area contributed by atoms with Crippen LogP contribution in [0, 0.1) is 0 Å². The van der Waals surface area contributed by atoms with Gasteiger partial charge in [-0.1, -0.05) is 0 Å². The van der Waals surface area contributed by atoms with Crippen molar-refractivity contribution in [1.29, 1.82) is 0 Å². The van der Waals surface area contributed by atoms with Crippen LogP contribution in [0.5, 0.6) is 0 Å². The molecule has 0 saturated carbocycles. The predicted molar refractivity (Wildman–Crippen MR) is 39.7 cm³/mol. The van der Waals surface area contributed by atoms with Gasteiger partial charge in [0.15, 0.2) is 0 Å². The van der Waals surface area contributed by atoms with Crippen LogP contribution in [0.4, 0.5) is 18.0 Å². The van der Waals surface area contributed by atoms with E-state index in [2.05, 4.69) is 14.2 Å². The zero-order valence-electron chi connectivity index (χ0n) is 7.96. The molecule has 0 N–H and O–H groups in total. The van der Waals surface area contributed by atoms with Crippen molar-refractivity contribution >= 4 is 12.1 Å². The number of halogens is 3. The van der Waals surface area contributed by atoms with Crippen molar-refractivity contribution in [2.75, 3.05) is 6.61 Å². The molecule has 8 heteroatoms. The number of ether oxygens (including phenoxy) is 3. The van der Waals surface area contributed by atoms with Gasteiger partial charge in [0.25, 0.3) is 0 Å². The summed E-state index contributed by atoms with van der Waals surface area (Å²) in [7, 11) is 0. The van der Waals surface area contributed by atoms with Crippen LogP contribution in [0.3, 0.4) is 0 Å². The number of hydrogen-bond acceptors (Lipinski definition) is 5. The van der Waals surface area contributed by atoms with Crippen LogP contribution in [-0.4, -0.2) is 31.2 Å². The van der Waals surface area contributed by atoms with Crippen LogP contribution in [0.2, 0.25) is 0 Å². The lowest BCUT2D eigenvalue weighted by molar-refractivity contribution is -0.218. The van der Waals surface area contributed by atoms with E-state index in [0.717, 1.165) is 6.92 Å². The molecule has 0 saturated heterocycles. The molecule has 15 heavy (non-hydrogen) atoms.